The predicted molar refractivity (Wildman–Crippen MR) is 89.0 cm³/mol. The second-order valence-electron chi connectivity index (χ2n) is 5.22. The van der Waals surface area contributed by atoms with Gasteiger partial charge in [-0.15, -0.1) is 0 Å². The number of likely N-dealkylation sites (N-methyl/N-ethyl adjacent to an activating group) is 1. The van der Waals surface area contributed by atoms with Crippen LogP contribution < -0.4 is 4.74 Å². The lowest BCUT2D eigenvalue weighted by Crippen LogP contribution is -2.42. The van der Waals surface area contributed by atoms with Gasteiger partial charge in [-0.3, -0.25) is 14.5 Å². The van der Waals surface area contributed by atoms with Crippen molar-refractivity contribution in [1.29, 1.82) is 0 Å². The van der Waals surface area contributed by atoms with E-state index < -0.39 is 5.97 Å². The van der Waals surface area contributed by atoms with Crippen LogP contribution in [0.1, 0.15) is 13.3 Å². The van der Waals surface area contributed by atoms with Crippen molar-refractivity contribution in [2.75, 3.05) is 39.8 Å². The molecular weight excluding hydrogens is 320 g/mol. The number of hydrogen-bond acceptors (Lipinski definition) is 4. The molecule has 1 rings (SSSR count). The standard InChI is InChI=1S/C16H23ClN2O4/c1-3-8-19(12-16(21)22)11-15(20)18(2)9-10-23-14-6-4-13(17)5-7-14/h4-7H,3,8-12H2,1-2H3,(H,21,22). The molecule has 0 aliphatic rings. The van der Waals surface area contributed by atoms with Crippen LogP contribution in [0.15, 0.2) is 24.3 Å². The van der Waals surface area contributed by atoms with Crippen LogP contribution in [0.5, 0.6) is 5.75 Å². The van der Waals surface area contributed by atoms with E-state index in [1.807, 2.05) is 6.92 Å². The number of halogens is 1. The van der Waals surface area contributed by atoms with Gasteiger partial charge in [-0.1, -0.05) is 18.5 Å². The number of carbonyl (C=O) groups excluding carboxylic acids is 1. The molecule has 1 aromatic carbocycles. The highest BCUT2D eigenvalue weighted by atomic mass is 35.5. The second-order valence-corrected chi connectivity index (χ2v) is 5.66. The van der Waals surface area contributed by atoms with Crippen LogP contribution in [0.3, 0.4) is 0 Å². The number of carboxylic acid groups (broad SMARTS) is 1. The molecule has 0 aromatic heterocycles. The third-order valence-corrected chi connectivity index (χ3v) is 3.44. The van der Waals surface area contributed by atoms with E-state index in [0.717, 1.165) is 6.42 Å². The van der Waals surface area contributed by atoms with E-state index >= 15 is 0 Å². The van der Waals surface area contributed by atoms with Crippen molar-refractivity contribution in [3.63, 3.8) is 0 Å². The maximum atomic E-state index is 12.1. The van der Waals surface area contributed by atoms with Gasteiger partial charge in [0.25, 0.3) is 0 Å². The van der Waals surface area contributed by atoms with Gasteiger partial charge < -0.3 is 14.7 Å². The summed E-state index contributed by atoms with van der Waals surface area (Å²) in [4.78, 5) is 26.1. The first kappa shape index (κ1) is 19.3. The maximum Gasteiger partial charge on any atom is 0.317 e. The lowest BCUT2D eigenvalue weighted by atomic mass is 10.3. The van der Waals surface area contributed by atoms with Crippen LogP contribution >= 0.6 is 11.6 Å². The smallest absolute Gasteiger partial charge is 0.317 e. The Bertz CT molecular complexity index is 507. The molecule has 0 fully saturated rings. The Morgan fingerprint density at radius 3 is 2.39 bits per heavy atom. The van der Waals surface area contributed by atoms with E-state index in [4.69, 9.17) is 21.4 Å². The molecule has 1 N–H and O–H groups in total. The fraction of sp³-hybridized carbons (Fsp3) is 0.500. The normalized spacial score (nSPS) is 10.6. The summed E-state index contributed by atoms with van der Waals surface area (Å²) in [5.74, 6) is -0.367. The van der Waals surface area contributed by atoms with E-state index in [0.29, 0.717) is 30.5 Å². The van der Waals surface area contributed by atoms with Crippen LogP contribution in [0.4, 0.5) is 0 Å². The van der Waals surface area contributed by atoms with Gasteiger partial charge in [-0.2, -0.15) is 0 Å². The summed E-state index contributed by atoms with van der Waals surface area (Å²) in [6.45, 7) is 3.27. The van der Waals surface area contributed by atoms with E-state index in [1.54, 1.807) is 41.1 Å². The van der Waals surface area contributed by atoms with Crippen molar-refractivity contribution in [1.82, 2.24) is 9.80 Å². The van der Waals surface area contributed by atoms with E-state index in [1.165, 1.54) is 0 Å². The number of aliphatic carboxylic acids is 1. The van der Waals surface area contributed by atoms with E-state index in [9.17, 15) is 9.59 Å². The number of ether oxygens (including phenoxy) is 1. The van der Waals surface area contributed by atoms with Gasteiger partial charge in [-0.05, 0) is 37.2 Å². The van der Waals surface area contributed by atoms with Gasteiger partial charge in [0.05, 0.1) is 19.6 Å². The fourth-order valence-electron chi connectivity index (χ4n) is 1.99. The molecule has 0 radical (unpaired) electrons. The molecule has 6 nitrogen and oxygen atoms in total. The Morgan fingerprint density at radius 2 is 1.83 bits per heavy atom. The summed E-state index contributed by atoms with van der Waals surface area (Å²) in [5.41, 5.74) is 0. The SMILES string of the molecule is CCCN(CC(=O)O)CC(=O)N(C)CCOc1ccc(Cl)cc1. The molecule has 7 heteroatoms. The van der Waals surface area contributed by atoms with Crippen molar-refractivity contribution >= 4 is 23.5 Å². The lowest BCUT2D eigenvalue weighted by Gasteiger charge is -2.23. The molecule has 0 bridgehead atoms. The molecule has 0 unspecified atom stereocenters. The monoisotopic (exact) mass is 342 g/mol. The zero-order valence-corrected chi connectivity index (χ0v) is 14.3. The zero-order chi connectivity index (χ0) is 17.2. The Hall–Kier alpha value is -1.79. The minimum atomic E-state index is -0.931. The Balaban J connectivity index is 2.37. The molecule has 0 aliphatic carbocycles. The number of carboxylic acids is 1. The number of nitrogens with zero attached hydrogens (tertiary/aromatic N) is 2. The molecule has 0 saturated carbocycles. The van der Waals surface area contributed by atoms with Crippen molar-refractivity contribution in [3.8, 4) is 5.75 Å². The molecule has 128 valence electrons. The number of rotatable bonds is 10. The molecule has 0 heterocycles. The first-order valence-electron chi connectivity index (χ1n) is 7.48. The number of carbonyl (C=O) groups is 2. The highest BCUT2D eigenvalue weighted by molar-refractivity contribution is 6.30. The third-order valence-electron chi connectivity index (χ3n) is 3.19. The van der Waals surface area contributed by atoms with Gasteiger partial charge >= 0.3 is 5.97 Å². The summed E-state index contributed by atoms with van der Waals surface area (Å²) >= 11 is 5.79. The number of amides is 1. The molecule has 0 spiro atoms. The lowest BCUT2D eigenvalue weighted by molar-refractivity contribution is -0.139. The van der Waals surface area contributed by atoms with Gasteiger partial charge in [0, 0.05) is 12.1 Å². The average molecular weight is 343 g/mol. The predicted octanol–water partition coefficient (Wildman–Crippen LogP) is 1.97. The Kier molecular flexibility index (Phi) is 8.43. The minimum Gasteiger partial charge on any atom is -0.492 e. The molecule has 0 saturated heterocycles. The summed E-state index contributed by atoms with van der Waals surface area (Å²) in [5, 5.41) is 9.49. The second kappa shape index (κ2) is 10.1. The zero-order valence-electron chi connectivity index (χ0n) is 13.5. The van der Waals surface area contributed by atoms with Crippen molar-refractivity contribution in [3.05, 3.63) is 29.3 Å². The molecule has 0 atom stereocenters. The van der Waals surface area contributed by atoms with Crippen molar-refractivity contribution in [2.24, 2.45) is 0 Å². The highest BCUT2D eigenvalue weighted by Gasteiger charge is 2.16. The number of benzene rings is 1. The van der Waals surface area contributed by atoms with E-state index in [-0.39, 0.29) is 19.0 Å². The Morgan fingerprint density at radius 1 is 1.17 bits per heavy atom. The van der Waals surface area contributed by atoms with Crippen molar-refractivity contribution < 1.29 is 19.4 Å². The van der Waals surface area contributed by atoms with Crippen LogP contribution in [0.2, 0.25) is 5.02 Å². The van der Waals surface area contributed by atoms with Crippen LogP contribution in [-0.2, 0) is 9.59 Å². The first-order chi connectivity index (χ1) is 10.9. The van der Waals surface area contributed by atoms with E-state index in [2.05, 4.69) is 0 Å². The summed E-state index contributed by atoms with van der Waals surface area (Å²) in [6, 6.07) is 7.00. The van der Waals surface area contributed by atoms with Gasteiger partial charge in [0.1, 0.15) is 12.4 Å². The van der Waals surface area contributed by atoms with Gasteiger partial charge in [0.2, 0.25) is 5.91 Å². The highest BCUT2D eigenvalue weighted by Crippen LogP contribution is 2.15. The van der Waals surface area contributed by atoms with Crippen LogP contribution in [0.25, 0.3) is 0 Å². The third kappa shape index (κ3) is 7.85. The molecular formula is C16H23ClN2O4. The van der Waals surface area contributed by atoms with Crippen LogP contribution in [0, 0.1) is 0 Å². The van der Waals surface area contributed by atoms with Crippen LogP contribution in [-0.4, -0.2) is 66.6 Å². The van der Waals surface area contributed by atoms with Gasteiger partial charge in [0.15, 0.2) is 0 Å². The molecule has 1 amide bonds. The van der Waals surface area contributed by atoms with Crippen molar-refractivity contribution in [2.45, 2.75) is 13.3 Å². The first-order valence-corrected chi connectivity index (χ1v) is 7.86. The quantitative estimate of drug-likeness (QED) is 0.704. The Labute approximate surface area is 141 Å². The largest absolute Gasteiger partial charge is 0.492 e. The molecule has 0 aliphatic heterocycles. The summed E-state index contributed by atoms with van der Waals surface area (Å²) < 4.78 is 5.54. The molecule has 1 aromatic rings. The summed E-state index contributed by atoms with van der Waals surface area (Å²) in [6.07, 6.45) is 0.796. The topological polar surface area (TPSA) is 70.1 Å². The summed E-state index contributed by atoms with van der Waals surface area (Å²) in [7, 11) is 1.68. The maximum absolute atomic E-state index is 12.1. The molecule has 23 heavy (non-hydrogen) atoms. The fourth-order valence-corrected chi connectivity index (χ4v) is 2.12. The minimum absolute atomic E-state index is 0.0948. The number of hydrogen-bond donors (Lipinski definition) is 1. The average Bonchev–Trinajstić information content (AvgIpc) is 2.48. The van der Waals surface area contributed by atoms with Gasteiger partial charge in [-0.25, -0.2) is 0 Å².